The van der Waals surface area contributed by atoms with Crippen LogP contribution in [-0.4, -0.2) is 22.6 Å². The van der Waals surface area contributed by atoms with Crippen LogP contribution >= 0.6 is 12.4 Å². The van der Waals surface area contributed by atoms with E-state index in [9.17, 15) is 9.18 Å². The fourth-order valence-electron chi connectivity index (χ4n) is 2.50. The maximum absolute atomic E-state index is 13.2. The van der Waals surface area contributed by atoms with Crippen LogP contribution in [0.15, 0.2) is 18.2 Å². The smallest absolute Gasteiger partial charge is 0.272 e. The van der Waals surface area contributed by atoms with Crippen molar-refractivity contribution in [2.75, 3.05) is 6.54 Å². The van der Waals surface area contributed by atoms with E-state index in [0.717, 1.165) is 29.8 Å². The van der Waals surface area contributed by atoms with E-state index in [1.165, 1.54) is 6.07 Å². The van der Waals surface area contributed by atoms with Crippen molar-refractivity contribution in [1.82, 2.24) is 20.8 Å². The van der Waals surface area contributed by atoms with Gasteiger partial charge in [0.1, 0.15) is 5.82 Å². The maximum Gasteiger partial charge on any atom is 0.272 e. The summed E-state index contributed by atoms with van der Waals surface area (Å²) >= 11 is 0. The number of H-pyrrole nitrogens is 1. The minimum absolute atomic E-state index is 0. The van der Waals surface area contributed by atoms with Crippen LogP contribution in [0.3, 0.4) is 0 Å². The largest absolute Gasteiger partial charge is 0.347 e. The lowest BCUT2D eigenvalue weighted by Crippen LogP contribution is -2.28. The molecule has 2 heterocycles. The molecule has 0 aliphatic carbocycles. The molecule has 3 rings (SSSR count). The summed E-state index contributed by atoms with van der Waals surface area (Å²) in [7, 11) is 0. The average Bonchev–Trinajstić information content (AvgIpc) is 2.92. The second-order valence-corrected chi connectivity index (χ2v) is 5.22. The first kappa shape index (κ1) is 16.5. The number of nitrogens with one attached hydrogen (secondary N) is 3. The van der Waals surface area contributed by atoms with E-state index in [2.05, 4.69) is 20.8 Å². The molecule has 1 aromatic heterocycles. The monoisotopic (exact) mass is 324 g/mol. The molecule has 1 aliphatic rings. The summed E-state index contributed by atoms with van der Waals surface area (Å²) in [4.78, 5) is 12.2. The number of carbonyl (C=O) groups is 1. The van der Waals surface area contributed by atoms with Crippen LogP contribution in [0.4, 0.5) is 4.39 Å². The highest BCUT2D eigenvalue weighted by molar-refractivity contribution is 5.94. The third kappa shape index (κ3) is 3.28. The molecule has 1 aliphatic heterocycles. The Kier molecular flexibility index (Phi) is 5.15. The van der Waals surface area contributed by atoms with Crippen molar-refractivity contribution >= 4 is 18.3 Å². The van der Waals surface area contributed by atoms with Gasteiger partial charge >= 0.3 is 0 Å². The lowest BCUT2D eigenvalue weighted by molar-refractivity contribution is 0.0944. The Morgan fingerprint density at radius 1 is 1.45 bits per heavy atom. The Labute approximate surface area is 134 Å². The summed E-state index contributed by atoms with van der Waals surface area (Å²) < 4.78 is 13.2. The van der Waals surface area contributed by atoms with Gasteiger partial charge in [-0.3, -0.25) is 9.89 Å². The average molecular weight is 325 g/mol. The molecule has 1 amide bonds. The van der Waals surface area contributed by atoms with Crippen LogP contribution in [-0.2, 0) is 19.5 Å². The van der Waals surface area contributed by atoms with Crippen molar-refractivity contribution in [1.29, 1.82) is 0 Å². The summed E-state index contributed by atoms with van der Waals surface area (Å²) in [6.07, 6.45) is 0.854. The van der Waals surface area contributed by atoms with Gasteiger partial charge in [0.25, 0.3) is 5.91 Å². The van der Waals surface area contributed by atoms with E-state index in [1.54, 1.807) is 19.1 Å². The Balaban J connectivity index is 0.00000176. The van der Waals surface area contributed by atoms with Crippen molar-refractivity contribution in [2.24, 2.45) is 0 Å². The number of hydrogen-bond acceptors (Lipinski definition) is 3. The van der Waals surface area contributed by atoms with Gasteiger partial charge in [-0.2, -0.15) is 5.10 Å². The molecule has 22 heavy (non-hydrogen) atoms. The normalized spacial score (nSPS) is 13.2. The van der Waals surface area contributed by atoms with E-state index in [-0.39, 0.29) is 24.1 Å². The maximum atomic E-state index is 13.2. The molecule has 0 saturated carbocycles. The van der Waals surface area contributed by atoms with E-state index < -0.39 is 0 Å². The third-order valence-corrected chi connectivity index (χ3v) is 3.70. The molecule has 2 aromatic rings. The van der Waals surface area contributed by atoms with E-state index in [0.29, 0.717) is 24.3 Å². The van der Waals surface area contributed by atoms with Gasteiger partial charge in [-0.15, -0.1) is 12.4 Å². The van der Waals surface area contributed by atoms with E-state index in [4.69, 9.17) is 0 Å². The molecule has 0 atom stereocenters. The standard InChI is InChI=1S/C15H17FN4O.ClH/c1-9-6-10(2-3-12(9)16)7-18-15(21)14-11-8-17-5-4-13(11)19-20-14;/h2-3,6,17H,4-5,7-8H2,1H3,(H,18,21)(H,19,20);1H. The molecular formula is C15H18ClFN4O. The molecule has 3 N–H and O–H groups in total. The van der Waals surface area contributed by atoms with Gasteiger partial charge in [-0.25, -0.2) is 4.39 Å². The molecule has 0 unspecified atom stereocenters. The minimum atomic E-state index is -0.238. The zero-order valence-electron chi connectivity index (χ0n) is 12.2. The summed E-state index contributed by atoms with van der Waals surface area (Å²) in [6, 6.07) is 4.82. The number of fused-ring (bicyclic) bond motifs is 1. The van der Waals surface area contributed by atoms with Gasteiger partial charge < -0.3 is 10.6 Å². The summed E-state index contributed by atoms with van der Waals surface area (Å²) in [5.74, 6) is -0.448. The van der Waals surface area contributed by atoms with Crippen molar-refractivity contribution in [3.05, 3.63) is 52.1 Å². The molecule has 7 heteroatoms. The highest BCUT2D eigenvalue weighted by Crippen LogP contribution is 2.15. The van der Waals surface area contributed by atoms with Crippen molar-refractivity contribution in [2.45, 2.75) is 26.4 Å². The number of rotatable bonds is 3. The Morgan fingerprint density at radius 2 is 2.27 bits per heavy atom. The topological polar surface area (TPSA) is 69.8 Å². The van der Waals surface area contributed by atoms with E-state index >= 15 is 0 Å². The molecule has 0 bridgehead atoms. The highest BCUT2D eigenvalue weighted by atomic mass is 35.5. The number of amides is 1. The fraction of sp³-hybridized carbons (Fsp3) is 0.333. The van der Waals surface area contributed by atoms with Crippen molar-refractivity contribution in [3.8, 4) is 0 Å². The highest BCUT2D eigenvalue weighted by Gasteiger charge is 2.21. The first-order valence-electron chi connectivity index (χ1n) is 6.95. The number of carbonyl (C=O) groups excluding carboxylic acids is 1. The minimum Gasteiger partial charge on any atom is -0.347 e. The quantitative estimate of drug-likeness (QED) is 0.807. The van der Waals surface area contributed by atoms with Gasteiger partial charge in [0.05, 0.1) is 0 Å². The Hall–Kier alpha value is -1.92. The zero-order valence-corrected chi connectivity index (χ0v) is 13.0. The second-order valence-electron chi connectivity index (χ2n) is 5.22. The van der Waals surface area contributed by atoms with Crippen molar-refractivity contribution in [3.63, 3.8) is 0 Å². The van der Waals surface area contributed by atoms with Gasteiger partial charge in [-0.05, 0) is 24.1 Å². The predicted octanol–water partition coefficient (Wildman–Crippen LogP) is 1.85. The molecule has 0 saturated heterocycles. The number of halogens is 2. The van der Waals surface area contributed by atoms with Crippen molar-refractivity contribution < 1.29 is 9.18 Å². The van der Waals surface area contributed by atoms with Gasteiger partial charge in [0.2, 0.25) is 0 Å². The van der Waals surface area contributed by atoms with Crippen LogP contribution in [0.1, 0.15) is 32.9 Å². The Morgan fingerprint density at radius 3 is 3.05 bits per heavy atom. The van der Waals surface area contributed by atoms with Gasteiger partial charge in [0, 0.05) is 37.3 Å². The van der Waals surface area contributed by atoms with Crippen LogP contribution < -0.4 is 10.6 Å². The number of aryl methyl sites for hydroxylation is 1. The number of benzene rings is 1. The lowest BCUT2D eigenvalue weighted by Gasteiger charge is -2.13. The van der Waals surface area contributed by atoms with Crippen LogP contribution in [0, 0.1) is 12.7 Å². The van der Waals surface area contributed by atoms with Gasteiger partial charge in [-0.1, -0.05) is 12.1 Å². The van der Waals surface area contributed by atoms with Crippen LogP contribution in [0.5, 0.6) is 0 Å². The summed E-state index contributed by atoms with van der Waals surface area (Å²) in [5.41, 5.74) is 3.84. The SMILES string of the molecule is Cc1cc(CNC(=O)c2n[nH]c3c2CNCC3)ccc1F.Cl. The molecule has 0 radical (unpaired) electrons. The summed E-state index contributed by atoms with van der Waals surface area (Å²) in [6.45, 7) is 3.61. The number of nitrogens with zero attached hydrogens (tertiary/aromatic N) is 1. The number of aromatic amines is 1. The number of hydrogen-bond donors (Lipinski definition) is 3. The lowest BCUT2D eigenvalue weighted by atomic mass is 10.1. The van der Waals surface area contributed by atoms with Crippen LogP contribution in [0.25, 0.3) is 0 Å². The molecule has 0 fully saturated rings. The Bertz CT molecular complexity index is 686. The molecule has 0 spiro atoms. The first-order chi connectivity index (χ1) is 10.1. The van der Waals surface area contributed by atoms with Crippen LogP contribution in [0.2, 0.25) is 0 Å². The summed E-state index contributed by atoms with van der Waals surface area (Å²) in [5, 5.41) is 13.1. The second kappa shape index (κ2) is 6.89. The first-order valence-corrected chi connectivity index (χ1v) is 6.95. The fourth-order valence-corrected chi connectivity index (χ4v) is 2.50. The molecular weight excluding hydrogens is 307 g/mol. The number of aromatic nitrogens is 2. The molecule has 118 valence electrons. The van der Waals surface area contributed by atoms with E-state index in [1.807, 2.05) is 0 Å². The predicted molar refractivity (Wildman–Crippen MR) is 83.6 cm³/mol. The zero-order chi connectivity index (χ0) is 14.8. The molecule has 5 nitrogen and oxygen atoms in total. The third-order valence-electron chi connectivity index (χ3n) is 3.70. The molecule has 1 aromatic carbocycles. The van der Waals surface area contributed by atoms with Gasteiger partial charge in [0.15, 0.2) is 5.69 Å².